The van der Waals surface area contributed by atoms with E-state index in [-0.39, 0.29) is 16.2 Å². The molecule has 0 fully saturated rings. The lowest BCUT2D eigenvalue weighted by Gasteiger charge is -2.38. The summed E-state index contributed by atoms with van der Waals surface area (Å²) in [4.78, 5) is 8.36. The molecule has 11 rings (SSSR count). The maximum Gasteiger partial charge on any atom is 0.0540 e. The largest absolute Gasteiger partial charge is 0.310 e. The predicted molar refractivity (Wildman–Crippen MR) is 259 cm³/mol. The molecular weight excluding hydrogens is 755 g/mol. The van der Waals surface area contributed by atoms with Crippen LogP contribution < -0.4 is 4.90 Å². The van der Waals surface area contributed by atoms with Gasteiger partial charge in [0.15, 0.2) is 0 Å². The zero-order valence-electron chi connectivity index (χ0n) is 36.6. The van der Waals surface area contributed by atoms with Crippen LogP contribution in [0.4, 0.5) is 17.1 Å². The van der Waals surface area contributed by atoms with Gasteiger partial charge in [0.25, 0.3) is 0 Å². The summed E-state index contributed by atoms with van der Waals surface area (Å²) in [6.45, 7) is 18.8. The summed E-state index contributed by atoms with van der Waals surface area (Å²) in [5.41, 5.74) is 19.4. The highest BCUT2D eigenvalue weighted by atomic mass is 32.3. The second kappa shape index (κ2) is 13.2. The van der Waals surface area contributed by atoms with Crippen molar-refractivity contribution in [3.8, 4) is 44.5 Å². The zero-order chi connectivity index (χ0) is 42.1. The van der Waals surface area contributed by atoms with Gasteiger partial charge in [-0.1, -0.05) is 183 Å². The van der Waals surface area contributed by atoms with Gasteiger partial charge in [-0.2, -0.15) is 0 Å². The Morgan fingerprint density at radius 2 is 0.852 bits per heavy atom. The van der Waals surface area contributed by atoms with Crippen molar-refractivity contribution in [3.63, 3.8) is 0 Å². The molecule has 0 radical (unpaired) electrons. The molecule has 0 aromatic heterocycles. The van der Waals surface area contributed by atoms with Gasteiger partial charge in [0.05, 0.1) is 5.69 Å². The van der Waals surface area contributed by atoms with Gasteiger partial charge in [-0.15, -0.1) is 10.0 Å². The second-order valence-corrected chi connectivity index (χ2v) is 22.8. The Balaban J connectivity index is 1.22. The first-order valence-electron chi connectivity index (χ1n) is 21.8. The summed E-state index contributed by atoms with van der Waals surface area (Å²) >= 11 is 0. The van der Waals surface area contributed by atoms with Crippen LogP contribution in [0.3, 0.4) is 0 Å². The molecule has 1 nitrogen and oxygen atoms in total. The highest BCUT2D eigenvalue weighted by Crippen LogP contribution is 2.85. The monoisotopic (exact) mass is 807 g/mol. The summed E-state index contributed by atoms with van der Waals surface area (Å²) < 4.78 is 0. The van der Waals surface area contributed by atoms with E-state index in [0.29, 0.717) is 0 Å². The smallest absolute Gasteiger partial charge is 0.0540 e. The highest BCUT2D eigenvalue weighted by molar-refractivity contribution is 8.34. The van der Waals surface area contributed by atoms with Gasteiger partial charge < -0.3 is 4.90 Å². The third-order valence-electron chi connectivity index (χ3n) is 13.8. The topological polar surface area (TPSA) is 3.24 Å². The Morgan fingerprint density at radius 3 is 1.51 bits per heavy atom. The number of nitrogens with zero attached hydrogens (tertiary/aromatic N) is 1. The molecule has 0 amide bonds. The molecule has 0 bridgehead atoms. The van der Waals surface area contributed by atoms with Crippen LogP contribution in [0.15, 0.2) is 196 Å². The number of hydrogen-bond acceptors (Lipinski definition) is 1. The van der Waals surface area contributed by atoms with Crippen LogP contribution in [0.5, 0.6) is 0 Å². The lowest BCUT2D eigenvalue weighted by molar-refractivity contribution is 0.588. The summed E-state index contributed by atoms with van der Waals surface area (Å²) in [6, 6.07) is 67.6. The van der Waals surface area contributed by atoms with Crippen molar-refractivity contribution in [1.82, 2.24) is 0 Å². The van der Waals surface area contributed by atoms with E-state index < -0.39 is 10.0 Å². The van der Waals surface area contributed by atoms with Crippen LogP contribution in [0.1, 0.15) is 77.6 Å². The normalized spacial score (nSPS) is 15.3. The number of rotatable bonds is 4. The standard InChI is InChI=1S/C59H53NS/c1-57(2,3)39-26-30-46-47-31-27-40(58(4,5)6)35-55(47)61(54(46)34-39)53-25-17-14-22-45(53)48-32-28-42(37-56(48)61)60(52-24-16-13-20-43(52)38-18-10-9-11-19-38)41-29-33-51-49(36-41)44-21-12-15-23-50(44)59(51,7)8/h9-37H,1-8H3. The fraction of sp³-hybridized carbons (Fsp3) is 0.186. The molecule has 61 heavy (non-hydrogen) atoms. The summed E-state index contributed by atoms with van der Waals surface area (Å²) in [7, 11) is -1.90. The summed E-state index contributed by atoms with van der Waals surface area (Å²) in [5, 5.41) is 0. The third-order valence-corrected chi connectivity index (χ3v) is 17.8. The summed E-state index contributed by atoms with van der Waals surface area (Å²) in [5.74, 6) is 0. The molecule has 0 unspecified atom stereocenters. The van der Waals surface area contributed by atoms with Crippen molar-refractivity contribution in [2.45, 2.75) is 91.2 Å². The quantitative estimate of drug-likeness (QED) is 0.171. The van der Waals surface area contributed by atoms with Crippen LogP contribution in [0, 0.1) is 0 Å². The van der Waals surface area contributed by atoms with Gasteiger partial charge in [-0.25, -0.2) is 0 Å². The molecule has 300 valence electrons. The molecule has 0 saturated heterocycles. The molecule has 1 aliphatic carbocycles. The Labute approximate surface area is 364 Å². The molecule has 3 aliphatic rings. The van der Waals surface area contributed by atoms with E-state index in [1.807, 2.05) is 0 Å². The number of anilines is 3. The zero-order valence-corrected chi connectivity index (χ0v) is 37.4. The molecule has 8 aromatic rings. The van der Waals surface area contributed by atoms with Gasteiger partial charge >= 0.3 is 0 Å². The number of benzene rings is 8. The first-order chi connectivity index (χ1) is 29.3. The van der Waals surface area contributed by atoms with Crippen LogP contribution in [-0.2, 0) is 16.2 Å². The molecular formula is C59H53NS. The Hall–Kier alpha value is -6.09. The summed E-state index contributed by atoms with van der Waals surface area (Å²) in [6.07, 6.45) is 0. The maximum absolute atomic E-state index is 2.59. The minimum absolute atomic E-state index is 0.00249. The van der Waals surface area contributed by atoms with Crippen molar-refractivity contribution in [1.29, 1.82) is 0 Å². The van der Waals surface area contributed by atoms with Gasteiger partial charge in [-0.3, -0.25) is 0 Å². The van der Waals surface area contributed by atoms with E-state index in [4.69, 9.17) is 0 Å². The maximum atomic E-state index is 2.59. The lowest BCUT2D eigenvalue weighted by atomic mass is 9.82. The van der Waals surface area contributed by atoms with E-state index in [9.17, 15) is 0 Å². The minimum Gasteiger partial charge on any atom is -0.310 e. The Kier molecular flexibility index (Phi) is 8.20. The Bertz CT molecular complexity index is 3020. The molecule has 8 aromatic carbocycles. The third kappa shape index (κ3) is 5.47. The van der Waals surface area contributed by atoms with Crippen molar-refractivity contribution in [2.75, 3.05) is 4.90 Å². The van der Waals surface area contributed by atoms with Crippen molar-refractivity contribution in [2.24, 2.45) is 0 Å². The van der Waals surface area contributed by atoms with Gasteiger partial charge in [0, 0.05) is 41.9 Å². The SMILES string of the molecule is CC(C)(C)c1ccc2c(c1)S1(c3ccccc3-c3ccc(N(c4ccc5c(c4)-c4ccccc4C5(C)C)c4ccccc4-c4ccccc4)cc31)c1cc(C(C)(C)C)ccc1-2. The van der Waals surface area contributed by atoms with Crippen molar-refractivity contribution in [3.05, 3.63) is 198 Å². The second-order valence-electron chi connectivity index (χ2n) is 19.8. The van der Waals surface area contributed by atoms with E-state index in [1.54, 1.807) is 0 Å². The predicted octanol–water partition coefficient (Wildman–Crippen LogP) is 17.0. The van der Waals surface area contributed by atoms with E-state index >= 15 is 0 Å². The fourth-order valence-corrected chi connectivity index (χ4v) is 15.2. The molecule has 2 heterocycles. The molecule has 2 heteroatoms. The molecule has 0 N–H and O–H groups in total. The van der Waals surface area contributed by atoms with Gasteiger partial charge in [-0.05, 0) is 121 Å². The van der Waals surface area contributed by atoms with Crippen LogP contribution in [-0.4, -0.2) is 0 Å². The number of hydrogen-bond donors (Lipinski definition) is 0. The highest BCUT2D eigenvalue weighted by Gasteiger charge is 2.49. The fourth-order valence-electron chi connectivity index (χ4n) is 10.5. The van der Waals surface area contributed by atoms with E-state index in [2.05, 4.69) is 236 Å². The minimum atomic E-state index is -1.90. The molecule has 0 saturated carbocycles. The van der Waals surface area contributed by atoms with Crippen LogP contribution >= 0.6 is 10.0 Å². The Morgan fingerprint density at radius 1 is 0.377 bits per heavy atom. The van der Waals surface area contributed by atoms with Gasteiger partial charge in [0.2, 0.25) is 0 Å². The number of para-hydroxylation sites is 1. The van der Waals surface area contributed by atoms with Crippen LogP contribution in [0.25, 0.3) is 44.5 Å². The average Bonchev–Trinajstić information content (AvgIpc) is 3.81. The van der Waals surface area contributed by atoms with Crippen molar-refractivity contribution >= 4 is 27.1 Å². The van der Waals surface area contributed by atoms with Crippen molar-refractivity contribution < 1.29 is 0 Å². The molecule has 2 aliphatic heterocycles. The molecule has 0 atom stereocenters. The van der Waals surface area contributed by atoms with E-state index in [1.165, 1.54) is 92.0 Å². The average molecular weight is 808 g/mol. The van der Waals surface area contributed by atoms with E-state index in [0.717, 1.165) is 11.4 Å². The first-order valence-corrected chi connectivity index (χ1v) is 23.5. The number of fused-ring (bicyclic) bond motifs is 13. The molecule has 1 spiro atoms. The lowest BCUT2D eigenvalue weighted by Crippen LogP contribution is -2.15. The van der Waals surface area contributed by atoms with Gasteiger partial charge in [0.1, 0.15) is 0 Å². The van der Waals surface area contributed by atoms with Crippen LogP contribution in [0.2, 0.25) is 0 Å². The first kappa shape index (κ1) is 37.9.